The van der Waals surface area contributed by atoms with Crippen LogP contribution in [0, 0.1) is 0 Å². The van der Waals surface area contributed by atoms with Gasteiger partial charge in [0.2, 0.25) is 5.91 Å². The van der Waals surface area contributed by atoms with E-state index in [9.17, 15) is 13.6 Å². The Morgan fingerprint density at radius 3 is 2.47 bits per heavy atom. The molecule has 0 heterocycles. The Labute approximate surface area is 101 Å². The van der Waals surface area contributed by atoms with Crippen molar-refractivity contribution in [2.24, 2.45) is 0 Å². The molecule has 0 radical (unpaired) electrons. The Bertz CT molecular complexity index is 437. The van der Waals surface area contributed by atoms with Crippen LogP contribution in [0.2, 0.25) is 0 Å². The van der Waals surface area contributed by atoms with Crippen LogP contribution in [0.15, 0.2) is 18.2 Å². The van der Waals surface area contributed by atoms with Crippen molar-refractivity contribution in [3.8, 4) is 0 Å². The fourth-order valence-electron chi connectivity index (χ4n) is 1.40. The Balaban J connectivity index is 3.40. The molecule has 0 aliphatic carbocycles. The maximum Gasteiger partial charge on any atom is 0.489 e. The number of anilines is 1. The summed E-state index contributed by atoms with van der Waals surface area (Å²) in [5.74, 6) is -0.572. The summed E-state index contributed by atoms with van der Waals surface area (Å²) in [6, 6.07) is 3.58. The SMILES string of the molecule is CC(=O)Nc1cccc(B(O)O)c1C(F)(F)Cl. The normalized spacial score (nSPS) is 11.2. The predicted molar refractivity (Wildman–Crippen MR) is 60.3 cm³/mol. The van der Waals surface area contributed by atoms with Crippen LogP contribution in [-0.4, -0.2) is 23.1 Å². The summed E-state index contributed by atoms with van der Waals surface area (Å²) in [4.78, 5) is 10.8. The Kier molecular flexibility index (Phi) is 4.08. The second-order valence-electron chi connectivity index (χ2n) is 3.32. The standard InChI is InChI=1S/C9H9BClF2NO3/c1-5(15)14-7-4-2-3-6(10(16)17)8(7)9(11,12)13/h2-4,16-17H,1H3,(H,14,15). The molecule has 1 rings (SSSR count). The van der Waals surface area contributed by atoms with E-state index in [2.05, 4.69) is 5.32 Å². The third-order valence-electron chi connectivity index (χ3n) is 1.97. The van der Waals surface area contributed by atoms with Crippen LogP contribution in [0.3, 0.4) is 0 Å². The molecule has 0 unspecified atom stereocenters. The maximum atomic E-state index is 13.2. The molecular weight excluding hydrogens is 254 g/mol. The van der Waals surface area contributed by atoms with Gasteiger partial charge in [-0.3, -0.25) is 4.79 Å². The van der Waals surface area contributed by atoms with Gasteiger partial charge >= 0.3 is 12.5 Å². The van der Waals surface area contributed by atoms with E-state index in [0.717, 1.165) is 13.0 Å². The molecule has 0 aliphatic rings. The number of amides is 1. The maximum absolute atomic E-state index is 13.2. The monoisotopic (exact) mass is 263 g/mol. The van der Waals surface area contributed by atoms with E-state index in [1.54, 1.807) is 0 Å². The summed E-state index contributed by atoms with van der Waals surface area (Å²) >= 11 is 4.89. The quantitative estimate of drug-likeness (QED) is 0.553. The second kappa shape index (κ2) is 4.99. The van der Waals surface area contributed by atoms with Gasteiger partial charge < -0.3 is 15.4 Å². The van der Waals surface area contributed by atoms with E-state index in [-0.39, 0.29) is 5.69 Å². The topological polar surface area (TPSA) is 69.6 Å². The molecule has 1 aromatic rings. The number of alkyl halides is 3. The molecular formula is C9H9BClF2NO3. The van der Waals surface area contributed by atoms with Gasteiger partial charge in [-0.15, -0.1) is 0 Å². The van der Waals surface area contributed by atoms with Crippen LogP contribution in [-0.2, 0) is 10.2 Å². The van der Waals surface area contributed by atoms with E-state index in [1.165, 1.54) is 12.1 Å². The van der Waals surface area contributed by atoms with Crippen molar-refractivity contribution in [2.45, 2.75) is 12.3 Å². The number of benzene rings is 1. The molecule has 0 atom stereocenters. The minimum absolute atomic E-state index is 0.261. The highest BCUT2D eigenvalue weighted by Gasteiger charge is 2.36. The third-order valence-corrected chi connectivity index (χ3v) is 2.16. The summed E-state index contributed by atoms with van der Waals surface area (Å²) in [5.41, 5.74) is -1.55. The van der Waals surface area contributed by atoms with Crippen molar-refractivity contribution < 1.29 is 23.6 Å². The molecule has 17 heavy (non-hydrogen) atoms. The van der Waals surface area contributed by atoms with Gasteiger partial charge in [-0.25, -0.2) is 0 Å². The molecule has 0 aliphatic heterocycles. The molecule has 0 saturated heterocycles. The van der Waals surface area contributed by atoms with Crippen molar-refractivity contribution >= 4 is 35.8 Å². The van der Waals surface area contributed by atoms with Crippen molar-refractivity contribution in [1.29, 1.82) is 0 Å². The van der Waals surface area contributed by atoms with Gasteiger partial charge in [-0.2, -0.15) is 8.78 Å². The molecule has 0 aromatic heterocycles. The van der Waals surface area contributed by atoms with E-state index >= 15 is 0 Å². The van der Waals surface area contributed by atoms with E-state index in [4.69, 9.17) is 21.6 Å². The highest BCUT2D eigenvalue weighted by atomic mass is 35.5. The number of hydrogen-bond donors (Lipinski definition) is 3. The largest absolute Gasteiger partial charge is 0.489 e. The van der Waals surface area contributed by atoms with Crippen LogP contribution >= 0.6 is 11.6 Å². The molecule has 3 N–H and O–H groups in total. The molecule has 0 saturated carbocycles. The predicted octanol–water partition coefficient (Wildman–Crippen LogP) is 0.613. The highest BCUT2D eigenvalue weighted by Crippen LogP contribution is 2.36. The molecule has 8 heteroatoms. The molecule has 1 amide bonds. The first-order chi connectivity index (χ1) is 7.73. The van der Waals surface area contributed by atoms with Crippen molar-refractivity contribution in [3.05, 3.63) is 23.8 Å². The summed E-state index contributed by atoms with van der Waals surface area (Å²) in [6.07, 6.45) is 0. The first-order valence-electron chi connectivity index (χ1n) is 4.57. The first kappa shape index (κ1) is 13.9. The Morgan fingerprint density at radius 2 is 2.06 bits per heavy atom. The minimum Gasteiger partial charge on any atom is -0.423 e. The van der Waals surface area contributed by atoms with Gasteiger partial charge in [0.05, 0.1) is 11.3 Å². The lowest BCUT2D eigenvalue weighted by molar-refractivity contribution is -0.114. The number of hydrogen-bond acceptors (Lipinski definition) is 3. The Morgan fingerprint density at radius 1 is 1.47 bits per heavy atom. The second-order valence-corrected chi connectivity index (χ2v) is 3.80. The van der Waals surface area contributed by atoms with Crippen LogP contribution in [0.1, 0.15) is 12.5 Å². The fraction of sp³-hybridized carbons (Fsp3) is 0.222. The van der Waals surface area contributed by atoms with E-state index < -0.39 is 29.4 Å². The van der Waals surface area contributed by atoms with Crippen LogP contribution in [0.4, 0.5) is 14.5 Å². The van der Waals surface area contributed by atoms with E-state index in [0.29, 0.717) is 0 Å². The highest BCUT2D eigenvalue weighted by molar-refractivity contribution is 6.59. The number of halogens is 3. The average molecular weight is 263 g/mol. The number of carbonyl (C=O) groups is 1. The van der Waals surface area contributed by atoms with Crippen LogP contribution in [0.25, 0.3) is 0 Å². The van der Waals surface area contributed by atoms with Gasteiger partial charge in [-0.05, 0) is 23.1 Å². The lowest BCUT2D eigenvalue weighted by Crippen LogP contribution is -2.36. The zero-order valence-electron chi connectivity index (χ0n) is 8.75. The van der Waals surface area contributed by atoms with Gasteiger partial charge in [0, 0.05) is 6.92 Å². The van der Waals surface area contributed by atoms with Crippen molar-refractivity contribution in [1.82, 2.24) is 0 Å². The van der Waals surface area contributed by atoms with Crippen molar-refractivity contribution in [3.63, 3.8) is 0 Å². The first-order valence-corrected chi connectivity index (χ1v) is 4.95. The van der Waals surface area contributed by atoms with Gasteiger partial charge in [-0.1, -0.05) is 12.1 Å². The molecule has 1 aromatic carbocycles. The summed E-state index contributed by atoms with van der Waals surface area (Å²) in [5, 5.41) is 16.3. The zero-order valence-corrected chi connectivity index (χ0v) is 9.50. The smallest absolute Gasteiger partial charge is 0.423 e. The molecule has 0 spiro atoms. The van der Waals surface area contributed by atoms with Gasteiger partial charge in [0.1, 0.15) is 0 Å². The average Bonchev–Trinajstić information content (AvgIpc) is 2.14. The van der Waals surface area contributed by atoms with Crippen molar-refractivity contribution in [2.75, 3.05) is 5.32 Å². The minimum atomic E-state index is -3.82. The van der Waals surface area contributed by atoms with Crippen LogP contribution in [0.5, 0.6) is 0 Å². The molecule has 0 fully saturated rings. The lowest BCUT2D eigenvalue weighted by atomic mass is 9.76. The van der Waals surface area contributed by atoms with Gasteiger partial charge in [0.15, 0.2) is 0 Å². The summed E-state index contributed by atoms with van der Waals surface area (Å²) < 4.78 is 26.4. The molecule has 92 valence electrons. The fourth-order valence-corrected chi connectivity index (χ4v) is 1.61. The third kappa shape index (κ3) is 3.39. The van der Waals surface area contributed by atoms with E-state index in [1.807, 2.05) is 0 Å². The Hall–Kier alpha value is -1.18. The zero-order chi connectivity index (χ0) is 13.2. The van der Waals surface area contributed by atoms with Crippen LogP contribution < -0.4 is 10.8 Å². The number of nitrogens with one attached hydrogen (secondary N) is 1. The summed E-state index contributed by atoms with van der Waals surface area (Å²) in [6.45, 7) is 1.14. The lowest BCUT2D eigenvalue weighted by Gasteiger charge is -2.18. The molecule has 0 bridgehead atoms. The number of carbonyl (C=O) groups excluding carboxylic acids is 1. The molecule has 4 nitrogen and oxygen atoms in total. The summed E-state index contributed by atoms with van der Waals surface area (Å²) in [7, 11) is -2.11. The van der Waals surface area contributed by atoms with Gasteiger partial charge in [0.25, 0.3) is 0 Å². The number of rotatable bonds is 3.